The number of nitrogens with zero attached hydrogens (tertiary/aromatic N) is 3. The average molecular weight is 410 g/mol. The molecule has 1 fully saturated rings. The summed E-state index contributed by atoms with van der Waals surface area (Å²) in [5, 5.41) is 0. The number of hydrogen-bond donors (Lipinski definition) is 0. The standard InChI is InChI=1S/C24H31N3O3/c1-5-27(22-9-7-6-8-18(22)2)23(28)17-25-14-15-26(16-19(25)3)21-12-10-20(11-13-21)24(29)30-4/h6-13,19H,5,14-17H2,1-4H3. The Morgan fingerprint density at radius 3 is 2.40 bits per heavy atom. The van der Waals surface area contributed by atoms with Gasteiger partial charge in [0.05, 0.1) is 19.2 Å². The van der Waals surface area contributed by atoms with Crippen LogP contribution in [0.5, 0.6) is 0 Å². The number of methoxy groups -OCH3 is 1. The Kier molecular flexibility index (Phi) is 7.11. The summed E-state index contributed by atoms with van der Waals surface area (Å²) in [5.74, 6) is -0.193. The maximum Gasteiger partial charge on any atom is 0.337 e. The number of benzene rings is 2. The molecule has 1 amide bonds. The molecule has 1 heterocycles. The normalized spacial score (nSPS) is 16.9. The summed E-state index contributed by atoms with van der Waals surface area (Å²) in [6.45, 7) is 9.78. The second-order valence-corrected chi connectivity index (χ2v) is 7.73. The third kappa shape index (κ3) is 4.82. The first kappa shape index (κ1) is 21.8. The molecule has 1 atom stereocenters. The lowest BCUT2D eigenvalue weighted by molar-refractivity contribution is -0.120. The predicted molar refractivity (Wildman–Crippen MR) is 120 cm³/mol. The van der Waals surface area contributed by atoms with E-state index in [4.69, 9.17) is 4.74 Å². The number of para-hydroxylation sites is 1. The number of aryl methyl sites for hydroxylation is 1. The number of amides is 1. The highest BCUT2D eigenvalue weighted by Gasteiger charge is 2.27. The van der Waals surface area contributed by atoms with Crippen molar-refractivity contribution in [2.75, 3.05) is 49.6 Å². The van der Waals surface area contributed by atoms with E-state index in [1.807, 2.05) is 55.1 Å². The molecule has 0 N–H and O–H groups in total. The van der Waals surface area contributed by atoms with Crippen molar-refractivity contribution in [3.05, 3.63) is 59.7 Å². The van der Waals surface area contributed by atoms with Crippen LogP contribution in [0.3, 0.4) is 0 Å². The zero-order valence-corrected chi connectivity index (χ0v) is 18.3. The zero-order valence-electron chi connectivity index (χ0n) is 18.3. The summed E-state index contributed by atoms with van der Waals surface area (Å²) in [7, 11) is 1.39. The van der Waals surface area contributed by atoms with E-state index in [2.05, 4.69) is 16.7 Å². The highest BCUT2D eigenvalue weighted by molar-refractivity contribution is 5.95. The van der Waals surface area contributed by atoms with Gasteiger partial charge in [-0.3, -0.25) is 9.69 Å². The van der Waals surface area contributed by atoms with Crippen molar-refractivity contribution in [1.82, 2.24) is 4.90 Å². The first-order valence-corrected chi connectivity index (χ1v) is 10.5. The molecule has 3 rings (SSSR count). The maximum atomic E-state index is 13.0. The Labute approximate surface area is 179 Å². The first-order valence-electron chi connectivity index (χ1n) is 10.5. The number of carbonyl (C=O) groups is 2. The van der Waals surface area contributed by atoms with Gasteiger partial charge in [0, 0.05) is 43.6 Å². The minimum absolute atomic E-state index is 0.134. The van der Waals surface area contributed by atoms with Crippen molar-refractivity contribution in [3.8, 4) is 0 Å². The second-order valence-electron chi connectivity index (χ2n) is 7.73. The third-order valence-electron chi connectivity index (χ3n) is 5.78. The van der Waals surface area contributed by atoms with Crippen LogP contribution in [-0.4, -0.2) is 62.7 Å². The number of hydrogen-bond acceptors (Lipinski definition) is 5. The molecule has 6 heteroatoms. The molecule has 0 bridgehead atoms. The molecule has 1 aliphatic rings. The molecule has 2 aromatic carbocycles. The number of anilines is 2. The number of piperazine rings is 1. The predicted octanol–water partition coefficient (Wildman–Crippen LogP) is 3.35. The lowest BCUT2D eigenvalue weighted by Gasteiger charge is -2.41. The molecule has 0 aromatic heterocycles. The number of carbonyl (C=O) groups excluding carboxylic acids is 2. The molecule has 0 saturated carbocycles. The van der Waals surface area contributed by atoms with Gasteiger partial charge in [0.15, 0.2) is 0 Å². The monoisotopic (exact) mass is 409 g/mol. The molecular formula is C24H31N3O3. The molecule has 0 radical (unpaired) electrons. The summed E-state index contributed by atoms with van der Waals surface area (Å²) >= 11 is 0. The molecule has 1 saturated heterocycles. The van der Waals surface area contributed by atoms with Crippen LogP contribution in [-0.2, 0) is 9.53 Å². The van der Waals surface area contributed by atoms with Crippen LogP contribution < -0.4 is 9.80 Å². The van der Waals surface area contributed by atoms with Crippen molar-refractivity contribution >= 4 is 23.3 Å². The molecule has 30 heavy (non-hydrogen) atoms. The Morgan fingerprint density at radius 1 is 1.10 bits per heavy atom. The summed E-state index contributed by atoms with van der Waals surface area (Å²) in [6.07, 6.45) is 0. The van der Waals surface area contributed by atoms with Gasteiger partial charge in [-0.15, -0.1) is 0 Å². The number of esters is 1. The lowest BCUT2D eigenvalue weighted by atomic mass is 10.1. The maximum absolute atomic E-state index is 13.0. The van der Waals surface area contributed by atoms with Crippen LogP contribution >= 0.6 is 0 Å². The van der Waals surface area contributed by atoms with Gasteiger partial charge in [0.25, 0.3) is 0 Å². The van der Waals surface area contributed by atoms with Gasteiger partial charge in [-0.1, -0.05) is 18.2 Å². The molecular weight excluding hydrogens is 378 g/mol. The third-order valence-corrected chi connectivity index (χ3v) is 5.78. The number of rotatable bonds is 6. The molecule has 0 aliphatic carbocycles. The fraction of sp³-hybridized carbons (Fsp3) is 0.417. The topological polar surface area (TPSA) is 53.1 Å². The average Bonchev–Trinajstić information content (AvgIpc) is 2.76. The summed E-state index contributed by atoms with van der Waals surface area (Å²) < 4.78 is 4.76. The van der Waals surface area contributed by atoms with Gasteiger partial charge in [-0.05, 0) is 56.7 Å². The van der Waals surface area contributed by atoms with E-state index in [1.54, 1.807) is 12.1 Å². The van der Waals surface area contributed by atoms with Gasteiger partial charge >= 0.3 is 5.97 Å². The SMILES string of the molecule is CCN(C(=O)CN1CCN(c2ccc(C(=O)OC)cc2)CC1C)c1ccccc1C. The van der Waals surface area contributed by atoms with Gasteiger partial charge in [-0.2, -0.15) is 0 Å². The van der Waals surface area contributed by atoms with Crippen LogP contribution in [0.15, 0.2) is 48.5 Å². The van der Waals surface area contributed by atoms with Crippen LogP contribution in [0, 0.1) is 6.92 Å². The molecule has 160 valence electrons. The van der Waals surface area contributed by atoms with E-state index in [1.165, 1.54) is 7.11 Å². The van der Waals surface area contributed by atoms with Gasteiger partial charge in [0.1, 0.15) is 0 Å². The van der Waals surface area contributed by atoms with E-state index in [0.717, 1.165) is 36.6 Å². The Hall–Kier alpha value is -2.86. The van der Waals surface area contributed by atoms with E-state index in [0.29, 0.717) is 18.7 Å². The largest absolute Gasteiger partial charge is 0.465 e. The van der Waals surface area contributed by atoms with Crippen molar-refractivity contribution < 1.29 is 14.3 Å². The Balaban J connectivity index is 1.62. The van der Waals surface area contributed by atoms with Gasteiger partial charge in [0.2, 0.25) is 5.91 Å². The first-order chi connectivity index (χ1) is 14.4. The van der Waals surface area contributed by atoms with Gasteiger partial charge in [-0.25, -0.2) is 4.79 Å². The Bertz CT molecular complexity index is 882. The van der Waals surface area contributed by atoms with Crippen LogP contribution in [0.25, 0.3) is 0 Å². The van der Waals surface area contributed by atoms with Crippen LogP contribution in [0.4, 0.5) is 11.4 Å². The minimum atomic E-state index is -0.326. The second kappa shape index (κ2) is 9.76. The highest BCUT2D eigenvalue weighted by atomic mass is 16.5. The summed E-state index contributed by atoms with van der Waals surface area (Å²) in [6, 6.07) is 15.8. The van der Waals surface area contributed by atoms with Crippen molar-refractivity contribution in [2.45, 2.75) is 26.8 Å². The lowest BCUT2D eigenvalue weighted by Crippen LogP contribution is -2.55. The highest BCUT2D eigenvalue weighted by Crippen LogP contribution is 2.22. The quantitative estimate of drug-likeness (QED) is 0.685. The fourth-order valence-electron chi connectivity index (χ4n) is 4.00. The number of ether oxygens (including phenoxy) is 1. The van der Waals surface area contributed by atoms with Crippen molar-refractivity contribution in [1.29, 1.82) is 0 Å². The molecule has 6 nitrogen and oxygen atoms in total. The van der Waals surface area contributed by atoms with E-state index >= 15 is 0 Å². The van der Waals surface area contributed by atoms with Crippen molar-refractivity contribution in [2.24, 2.45) is 0 Å². The minimum Gasteiger partial charge on any atom is -0.465 e. The van der Waals surface area contributed by atoms with Crippen molar-refractivity contribution in [3.63, 3.8) is 0 Å². The molecule has 2 aromatic rings. The van der Waals surface area contributed by atoms with Crippen LogP contribution in [0.2, 0.25) is 0 Å². The molecule has 0 spiro atoms. The number of likely N-dealkylation sites (N-methyl/N-ethyl adjacent to an activating group) is 1. The van der Waals surface area contributed by atoms with Gasteiger partial charge < -0.3 is 14.5 Å². The summed E-state index contributed by atoms with van der Waals surface area (Å²) in [5.41, 5.74) is 3.73. The zero-order chi connectivity index (χ0) is 21.7. The summed E-state index contributed by atoms with van der Waals surface area (Å²) in [4.78, 5) is 31.1. The van der Waals surface area contributed by atoms with E-state index < -0.39 is 0 Å². The van der Waals surface area contributed by atoms with E-state index in [-0.39, 0.29) is 17.9 Å². The van der Waals surface area contributed by atoms with E-state index in [9.17, 15) is 9.59 Å². The molecule has 1 aliphatic heterocycles. The Morgan fingerprint density at radius 2 is 1.80 bits per heavy atom. The smallest absolute Gasteiger partial charge is 0.337 e. The van der Waals surface area contributed by atoms with Crippen LogP contribution in [0.1, 0.15) is 29.8 Å². The fourth-order valence-corrected chi connectivity index (χ4v) is 4.00. The molecule has 1 unspecified atom stereocenters.